The SMILES string of the molecule is N#Cc1cc(F)c(NCC(O)C(F)(F)F)c(F)c1. The van der Waals surface area contributed by atoms with Gasteiger partial charge in [0.2, 0.25) is 0 Å². The molecule has 0 saturated carbocycles. The summed E-state index contributed by atoms with van der Waals surface area (Å²) in [7, 11) is 0. The summed E-state index contributed by atoms with van der Waals surface area (Å²) in [4.78, 5) is 0. The zero-order valence-electron chi connectivity index (χ0n) is 8.72. The third-order valence-electron chi connectivity index (χ3n) is 2.02. The quantitative estimate of drug-likeness (QED) is 0.824. The van der Waals surface area contributed by atoms with Crippen LogP contribution in [0.2, 0.25) is 0 Å². The molecule has 0 amide bonds. The van der Waals surface area contributed by atoms with Gasteiger partial charge in [0, 0.05) is 6.54 Å². The number of alkyl halides is 3. The summed E-state index contributed by atoms with van der Waals surface area (Å²) in [5, 5.41) is 18.9. The van der Waals surface area contributed by atoms with Crippen molar-refractivity contribution in [3.05, 3.63) is 29.3 Å². The van der Waals surface area contributed by atoms with Crippen LogP contribution in [0.1, 0.15) is 5.56 Å². The lowest BCUT2D eigenvalue weighted by Crippen LogP contribution is -2.35. The van der Waals surface area contributed by atoms with Gasteiger partial charge in [-0.2, -0.15) is 18.4 Å². The summed E-state index contributed by atoms with van der Waals surface area (Å²) < 4.78 is 62.3. The minimum absolute atomic E-state index is 0.299. The van der Waals surface area contributed by atoms with Crippen LogP contribution >= 0.6 is 0 Å². The topological polar surface area (TPSA) is 56.0 Å². The van der Waals surface area contributed by atoms with Gasteiger partial charge in [0.05, 0.1) is 11.6 Å². The Balaban J connectivity index is 2.84. The van der Waals surface area contributed by atoms with Crippen molar-refractivity contribution in [2.75, 3.05) is 11.9 Å². The normalized spacial score (nSPS) is 12.9. The first-order chi connectivity index (χ1) is 8.25. The Morgan fingerprint density at radius 1 is 1.28 bits per heavy atom. The molecule has 0 heterocycles. The van der Waals surface area contributed by atoms with Crippen molar-refractivity contribution >= 4 is 5.69 Å². The minimum atomic E-state index is -4.88. The molecule has 0 aromatic heterocycles. The molecule has 1 unspecified atom stereocenters. The largest absolute Gasteiger partial charge is 0.416 e. The van der Waals surface area contributed by atoms with Gasteiger partial charge in [-0.15, -0.1) is 0 Å². The van der Waals surface area contributed by atoms with Gasteiger partial charge >= 0.3 is 6.18 Å². The number of nitrogens with one attached hydrogen (secondary N) is 1. The molecule has 0 spiro atoms. The molecular formula is C10H7F5N2O. The summed E-state index contributed by atoms with van der Waals surface area (Å²) in [5.74, 6) is -2.41. The zero-order valence-corrected chi connectivity index (χ0v) is 8.72. The van der Waals surface area contributed by atoms with Crippen molar-refractivity contribution in [2.24, 2.45) is 0 Å². The fraction of sp³-hybridized carbons (Fsp3) is 0.300. The molecule has 1 rings (SSSR count). The molecule has 1 atom stereocenters. The predicted molar refractivity (Wildman–Crippen MR) is 51.6 cm³/mol. The van der Waals surface area contributed by atoms with Gasteiger partial charge in [0.1, 0.15) is 5.69 Å². The number of hydrogen-bond acceptors (Lipinski definition) is 3. The van der Waals surface area contributed by atoms with Crippen molar-refractivity contribution in [3.8, 4) is 6.07 Å². The molecule has 98 valence electrons. The number of hydrogen-bond donors (Lipinski definition) is 2. The van der Waals surface area contributed by atoms with E-state index in [1.165, 1.54) is 6.07 Å². The monoisotopic (exact) mass is 266 g/mol. The number of aliphatic hydroxyl groups is 1. The molecule has 1 aromatic carbocycles. The first-order valence-corrected chi connectivity index (χ1v) is 4.63. The van der Waals surface area contributed by atoms with Crippen LogP contribution in [-0.2, 0) is 0 Å². The predicted octanol–water partition coefficient (Wildman–Crippen LogP) is 2.17. The molecule has 1 aromatic rings. The summed E-state index contributed by atoms with van der Waals surface area (Å²) in [6.07, 6.45) is -7.63. The highest BCUT2D eigenvalue weighted by Gasteiger charge is 2.38. The Morgan fingerprint density at radius 2 is 1.78 bits per heavy atom. The van der Waals surface area contributed by atoms with Crippen molar-refractivity contribution in [1.29, 1.82) is 5.26 Å². The minimum Gasteiger partial charge on any atom is -0.382 e. The van der Waals surface area contributed by atoms with Crippen LogP contribution < -0.4 is 5.32 Å². The Hall–Kier alpha value is -1.88. The lowest BCUT2D eigenvalue weighted by atomic mass is 10.2. The van der Waals surface area contributed by atoms with E-state index in [2.05, 4.69) is 0 Å². The van der Waals surface area contributed by atoms with Gasteiger partial charge in [-0.3, -0.25) is 0 Å². The molecule has 0 aliphatic rings. The highest BCUT2D eigenvalue weighted by molar-refractivity contribution is 5.50. The van der Waals surface area contributed by atoms with E-state index in [1.54, 1.807) is 0 Å². The second-order valence-electron chi connectivity index (χ2n) is 3.37. The molecule has 0 radical (unpaired) electrons. The van der Waals surface area contributed by atoms with Gasteiger partial charge in [0.15, 0.2) is 17.7 Å². The van der Waals surface area contributed by atoms with Crippen LogP contribution in [0.3, 0.4) is 0 Å². The maximum atomic E-state index is 13.2. The standard InChI is InChI=1S/C10H7F5N2O/c11-6-1-5(3-16)2-7(12)9(6)17-4-8(18)10(13,14)15/h1-2,8,17-18H,4H2. The summed E-state index contributed by atoms with van der Waals surface area (Å²) in [5.41, 5.74) is -1.12. The molecule has 0 bridgehead atoms. The van der Waals surface area contributed by atoms with Crippen LogP contribution in [0.5, 0.6) is 0 Å². The Bertz CT molecular complexity index is 457. The molecule has 0 fully saturated rings. The number of aliphatic hydroxyl groups excluding tert-OH is 1. The first kappa shape index (κ1) is 14.2. The molecule has 8 heteroatoms. The molecule has 0 aliphatic heterocycles. The van der Waals surface area contributed by atoms with Crippen molar-refractivity contribution in [3.63, 3.8) is 0 Å². The smallest absolute Gasteiger partial charge is 0.382 e. The number of anilines is 1. The van der Waals surface area contributed by atoms with Gasteiger partial charge in [-0.05, 0) is 12.1 Å². The van der Waals surface area contributed by atoms with Gasteiger partial charge < -0.3 is 10.4 Å². The van der Waals surface area contributed by atoms with Gasteiger partial charge in [-0.25, -0.2) is 8.78 Å². The lowest BCUT2D eigenvalue weighted by molar-refractivity contribution is -0.198. The van der Waals surface area contributed by atoms with E-state index in [-0.39, 0.29) is 5.56 Å². The van der Waals surface area contributed by atoms with Gasteiger partial charge in [-0.1, -0.05) is 0 Å². The van der Waals surface area contributed by atoms with Crippen molar-refractivity contribution in [2.45, 2.75) is 12.3 Å². The van der Waals surface area contributed by atoms with E-state index in [9.17, 15) is 22.0 Å². The van der Waals surface area contributed by atoms with Crippen LogP contribution in [0.4, 0.5) is 27.6 Å². The Labute approximate surface area is 98.5 Å². The molecule has 3 nitrogen and oxygen atoms in total. The second kappa shape index (κ2) is 5.18. The Morgan fingerprint density at radius 3 is 2.17 bits per heavy atom. The number of halogens is 5. The fourth-order valence-electron chi connectivity index (χ4n) is 1.12. The molecule has 0 saturated heterocycles. The Kier molecular flexibility index (Phi) is 4.08. The highest BCUT2D eigenvalue weighted by Crippen LogP contribution is 2.23. The number of nitriles is 1. The first-order valence-electron chi connectivity index (χ1n) is 4.63. The van der Waals surface area contributed by atoms with Crippen LogP contribution in [0.15, 0.2) is 12.1 Å². The molecular weight excluding hydrogens is 259 g/mol. The number of benzene rings is 1. The van der Waals surface area contributed by atoms with E-state index in [0.29, 0.717) is 12.1 Å². The summed E-state index contributed by atoms with van der Waals surface area (Å²) >= 11 is 0. The van der Waals surface area contributed by atoms with Crippen LogP contribution in [-0.4, -0.2) is 23.9 Å². The van der Waals surface area contributed by atoms with E-state index in [0.717, 1.165) is 0 Å². The van der Waals surface area contributed by atoms with Crippen molar-refractivity contribution in [1.82, 2.24) is 0 Å². The van der Waals surface area contributed by atoms with Crippen LogP contribution in [0.25, 0.3) is 0 Å². The van der Waals surface area contributed by atoms with E-state index in [1.807, 2.05) is 5.32 Å². The third-order valence-corrected chi connectivity index (χ3v) is 2.02. The highest BCUT2D eigenvalue weighted by atomic mass is 19.4. The van der Waals surface area contributed by atoms with Crippen molar-refractivity contribution < 1.29 is 27.1 Å². The summed E-state index contributed by atoms with van der Waals surface area (Å²) in [6, 6.07) is 2.83. The average molecular weight is 266 g/mol. The molecule has 18 heavy (non-hydrogen) atoms. The molecule has 2 N–H and O–H groups in total. The fourth-order valence-corrected chi connectivity index (χ4v) is 1.12. The maximum Gasteiger partial charge on any atom is 0.416 e. The van der Waals surface area contributed by atoms with E-state index >= 15 is 0 Å². The van der Waals surface area contributed by atoms with E-state index < -0.39 is 36.1 Å². The second-order valence-corrected chi connectivity index (χ2v) is 3.37. The third kappa shape index (κ3) is 3.30. The maximum absolute atomic E-state index is 13.2. The summed E-state index contributed by atoms with van der Waals surface area (Å²) in [6.45, 7) is -1.09. The zero-order chi connectivity index (χ0) is 13.9. The number of rotatable bonds is 3. The average Bonchev–Trinajstić information content (AvgIpc) is 2.25. The van der Waals surface area contributed by atoms with Crippen LogP contribution in [0, 0.1) is 23.0 Å². The lowest BCUT2D eigenvalue weighted by Gasteiger charge is -2.16. The van der Waals surface area contributed by atoms with Gasteiger partial charge in [0.25, 0.3) is 0 Å². The molecule has 0 aliphatic carbocycles. The van der Waals surface area contributed by atoms with E-state index in [4.69, 9.17) is 10.4 Å². The number of nitrogens with zero attached hydrogens (tertiary/aromatic N) is 1.